The lowest BCUT2D eigenvalue weighted by Gasteiger charge is -2.20. The SMILES string of the molecule is C=C(c1nc(-c2ccccc2)c(-c2ccccc2)nc1C(=C)C(C)C)C(C)C. The van der Waals surface area contributed by atoms with Crippen molar-refractivity contribution in [3.8, 4) is 22.5 Å². The Kier molecular flexibility index (Phi) is 5.89. The molecule has 3 aromatic rings. The molecule has 0 saturated heterocycles. The Morgan fingerprint density at radius 1 is 0.607 bits per heavy atom. The molecule has 0 aliphatic carbocycles. The van der Waals surface area contributed by atoms with Crippen molar-refractivity contribution in [3.05, 3.63) is 85.2 Å². The van der Waals surface area contributed by atoms with Gasteiger partial charge in [-0.3, -0.25) is 0 Å². The molecule has 0 bridgehead atoms. The van der Waals surface area contributed by atoms with Crippen molar-refractivity contribution in [3.63, 3.8) is 0 Å². The van der Waals surface area contributed by atoms with Crippen LogP contribution in [0.15, 0.2) is 73.8 Å². The fourth-order valence-corrected chi connectivity index (χ4v) is 3.02. The number of allylic oxidation sites excluding steroid dienone is 2. The summed E-state index contributed by atoms with van der Waals surface area (Å²) in [6.07, 6.45) is 0. The van der Waals surface area contributed by atoms with Gasteiger partial charge in [0.1, 0.15) is 0 Å². The number of benzene rings is 2. The van der Waals surface area contributed by atoms with Gasteiger partial charge in [-0.2, -0.15) is 0 Å². The van der Waals surface area contributed by atoms with Crippen LogP contribution < -0.4 is 0 Å². The summed E-state index contributed by atoms with van der Waals surface area (Å²) < 4.78 is 0. The van der Waals surface area contributed by atoms with Gasteiger partial charge >= 0.3 is 0 Å². The van der Waals surface area contributed by atoms with Gasteiger partial charge in [-0.05, 0) is 23.0 Å². The molecular formula is C26H28N2. The molecule has 0 aliphatic heterocycles. The number of hydrogen-bond donors (Lipinski definition) is 0. The summed E-state index contributed by atoms with van der Waals surface area (Å²) in [6.45, 7) is 17.2. The Hall–Kier alpha value is -3.00. The zero-order chi connectivity index (χ0) is 20.3. The molecule has 28 heavy (non-hydrogen) atoms. The molecule has 1 aromatic heterocycles. The second-order valence-corrected chi connectivity index (χ2v) is 7.71. The molecule has 2 aromatic carbocycles. The summed E-state index contributed by atoms with van der Waals surface area (Å²) >= 11 is 0. The number of nitrogens with zero attached hydrogens (tertiary/aromatic N) is 2. The Bertz CT molecular complexity index is 901. The molecule has 0 unspecified atom stereocenters. The molecule has 142 valence electrons. The highest BCUT2D eigenvalue weighted by atomic mass is 14.9. The van der Waals surface area contributed by atoms with E-state index >= 15 is 0 Å². The molecule has 0 N–H and O–H groups in total. The van der Waals surface area contributed by atoms with Gasteiger partial charge in [-0.25, -0.2) is 9.97 Å². The van der Waals surface area contributed by atoms with E-state index in [0.717, 1.165) is 45.0 Å². The smallest absolute Gasteiger partial charge is 0.0973 e. The fourth-order valence-electron chi connectivity index (χ4n) is 3.02. The van der Waals surface area contributed by atoms with E-state index in [9.17, 15) is 0 Å². The number of aromatic nitrogens is 2. The van der Waals surface area contributed by atoms with E-state index < -0.39 is 0 Å². The molecule has 0 amide bonds. The van der Waals surface area contributed by atoms with Crippen molar-refractivity contribution in [1.29, 1.82) is 0 Å². The highest BCUT2D eigenvalue weighted by molar-refractivity contribution is 5.83. The highest BCUT2D eigenvalue weighted by Gasteiger charge is 2.22. The maximum atomic E-state index is 5.12. The van der Waals surface area contributed by atoms with Crippen molar-refractivity contribution >= 4 is 11.1 Å². The van der Waals surface area contributed by atoms with E-state index in [1.807, 2.05) is 36.4 Å². The first-order chi connectivity index (χ1) is 13.4. The summed E-state index contributed by atoms with van der Waals surface area (Å²) in [4.78, 5) is 10.2. The largest absolute Gasteiger partial charge is 0.244 e. The van der Waals surface area contributed by atoms with Gasteiger partial charge in [0.05, 0.1) is 22.8 Å². The monoisotopic (exact) mass is 368 g/mol. The zero-order valence-corrected chi connectivity index (χ0v) is 17.2. The van der Waals surface area contributed by atoms with Gasteiger partial charge in [0.25, 0.3) is 0 Å². The first-order valence-electron chi connectivity index (χ1n) is 9.81. The summed E-state index contributed by atoms with van der Waals surface area (Å²) in [5, 5.41) is 0. The zero-order valence-electron chi connectivity index (χ0n) is 17.2. The maximum absolute atomic E-state index is 5.12. The second-order valence-electron chi connectivity index (χ2n) is 7.71. The van der Waals surface area contributed by atoms with Gasteiger partial charge in [-0.15, -0.1) is 0 Å². The summed E-state index contributed by atoms with van der Waals surface area (Å²) in [7, 11) is 0. The van der Waals surface area contributed by atoms with Crippen LogP contribution in [-0.4, -0.2) is 9.97 Å². The van der Waals surface area contributed by atoms with E-state index in [1.54, 1.807) is 0 Å². The molecule has 0 atom stereocenters. The van der Waals surface area contributed by atoms with Crippen LogP contribution in [0.4, 0.5) is 0 Å². The van der Waals surface area contributed by atoms with Crippen LogP contribution in [0.2, 0.25) is 0 Å². The molecule has 3 rings (SSSR count). The predicted octanol–water partition coefficient (Wildman–Crippen LogP) is 7.15. The third-order valence-electron chi connectivity index (χ3n) is 4.99. The van der Waals surface area contributed by atoms with E-state index in [-0.39, 0.29) is 11.8 Å². The number of rotatable bonds is 6. The standard InChI is InChI=1S/C26H28N2/c1-17(2)19(5)23-24(20(6)18(3)4)28-26(22-15-11-8-12-16-22)25(27-23)21-13-9-7-10-14-21/h7-18H,5-6H2,1-4H3. The van der Waals surface area contributed by atoms with E-state index in [1.165, 1.54) is 0 Å². The molecule has 0 spiro atoms. The van der Waals surface area contributed by atoms with Crippen molar-refractivity contribution in [2.45, 2.75) is 27.7 Å². The van der Waals surface area contributed by atoms with Gasteiger partial charge in [0, 0.05) is 11.1 Å². The molecule has 0 fully saturated rings. The van der Waals surface area contributed by atoms with Crippen molar-refractivity contribution in [2.24, 2.45) is 11.8 Å². The molecule has 1 heterocycles. The first-order valence-corrected chi connectivity index (χ1v) is 9.81. The minimum atomic E-state index is 0.277. The van der Waals surface area contributed by atoms with Gasteiger partial charge in [0.15, 0.2) is 0 Å². The summed E-state index contributed by atoms with van der Waals surface area (Å²) in [5.41, 5.74) is 7.54. The Labute approximate surface area is 168 Å². The normalized spacial score (nSPS) is 11.1. The van der Waals surface area contributed by atoms with Gasteiger partial charge < -0.3 is 0 Å². The minimum absolute atomic E-state index is 0.277. The second kappa shape index (κ2) is 8.35. The lowest BCUT2D eigenvalue weighted by atomic mass is 9.92. The third-order valence-corrected chi connectivity index (χ3v) is 4.99. The quantitative estimate of drug-likeness (QED) is 0.462. The summed E-state index contributed by atoms with van der Waals surface area (Å²) in [6, 6.07) is 20.5. The van der Waals surface area contributed by atoms with Crippen molar-refractivity contribution in [1.82, 2.24) is 9.97 Å². The van der Waals surface area contributed by atoms with Crippen LogP contribution in [0.1, 0.15) is 39.1 Å². The van der Waals surface area contributed by atoms with E-state index in [2.05, 4.69) is 65.1 Å². The van der Waals surface area contributed by atoms with Crippen LogP contribution >= 0.6 is 0 Å². The van der Waals surface area contributed by atoms with E-state index in [4.69, 9.17) is 9.97 Å². The minimum Gasteiger partial charge on any atom is -0.244 e. The van der Waals surface area contributed by atoms with Crippen LogP contribution in [-0.2, 0) is 0 Å². The molecule has 0 aliphatic rings. The Morgan fingerprint density at radius 2 is 0.929 bits per heavy atom. The highest BCUT2D eigenvalue weighted by Crippen LogP contribution is 2.36. The fraction of sp³-hybridized carbons (Fsp3) is 0.231. The van der Waals surface area contributed by atoms with Crippen LogP contribution in [0.25, 0.3) is 33.7 Å². The third kappa shape index (κ3) is 3.96. The molecular weight excluding hydrogens is 340 g/mol. The van der Waals surface area contributed by atoms with Crippen LogP contribution in [0.5, 0.6) is 0 Å². The summed E-state index contributed by atoms with van der Waals surface area (Å²) in [5.74, 6) is 0.554. The van der Waals surface area contributed by atoms with E-state index in [0.29, 0.717) is 0 Å². The lowest BCUT2D eigenvalue weighted by molar-refractivity contribution is 0.831. The Morgan fingerprint density at radius 3 is 1.21 bits per heavy atom. The molecule has 0 saturated carbocycles. The van der Waals surface area contributed by atoms with Gasteiger partial charge in [0.2, 0.25) is 0 Å². The predicted molar refractivity (Wildman–Crippen MR) is 121 cm³/mol. The Balaban J connectivity index is 2.35. The average molecular weight is 369 g/mol. The maximum Gasteiger partial charge on any atom is 0.0973 e. The molecule has 2 nitrogen and oxygen atoms in total. The average Bonchev–Trinajstić information content (AvgIpc) is 2.72. The lowest BCUT2D eigenvalue weighted by Crippen LogP contribution is -2.09. The van der Waals surface area contributed by atoms with Crippen LogP contribution in [0.3, 0.4) is 0 Å². The molecule has 0 radical (unpaired) electrons. The van der Waals surface area contributed by atoms with Gasteiger partial charge in [-0.1, -0.05) is 102 Å². The van der Waals surface area contributed by atoms with Crippen molar-refractivity contribution in [2.75, 3.05) is 0 Å². The number of hydrogen-bond acceptors (Lipinski definition) is 2. The van der Waals surface area contributed by atoms with Crippen molar-refractivity contribution < 1.29 is 0 Å². The first kappa shape index (κ1) is 19.8. The van der Waals surface area contributed by atoms with Crippen LogP contribution in [0, 0.1) is 11.8 Å². The topological polar surface area (TPSA) is 25.8 Å². The molecule has 2 heteroatoms.